The number of benzene rings is 1. The fourth-order valence-corrected chi connectivity index (χ4v) is 4.36. The molecule has 1 aromatic heterocycles. The lowest BCUT2D eigenvalue weighted by Gasteiger charge is -2.34. The molecule has 0 bridgehead atoms. The molecular weight excluding hydrogens is 322 g/mol. The molecule has 138 valence electrons. The van der Waals surface area contributed by atoms with Crippen LogP contribution in [0, 0.1) is 25.2 Å². The third-order valence-corrected chi connectivity index (χ3v) is 5.17. The van der Waals surface area contributed by atoms with E-state index in [2.05, 4.69) is 35.9 Å². The molecule has 0 unspecified atom stereocenters. The van der Waals surface area contributed by atoms with Crippen LogP contribution in [0.2, 0.25) is 0 Å². The Morgan fingerprint density at radius 2 is 1.92 bits per heavy atom. The van der Waals surface area contributed by atoms with Gasteiger partial charge in [-0.3, -0.25) is 4.79 Å². The van der Waals surface area contributed by atoms with Crippen molar-refractivity contribution >= 4 is 11.6 Å². The van der Waals surface area contributed by atoms with Gasteiger partial charge < -0.3 is 4.57 Å². The highest BCUT2D eigenvalue weighted by Crippen LogP contribution is 2.36. The number of carbonyl (C=O) groups is 1. The van der Waals surface area contributed by atoms with Gasteiger partial charge in [0.05, 0.1) is 5.56 Å². The summed E-state index contributed by atoms with van der Waals surface area (Å²) in [6.07, 6.45) is 3.12. The van der Waals surface area contributed by atoms with Gasteiger partial charge in [0.2, 0.25) is 0 Å². The van der Waals surface area contributed by atoms with Crippen LogP contribution < -0.4 is 5.43 Å². The van der Waals surface area contributed by atoms with E-state index in [-0.39, 0.29) is 11.3 Å². The van der Waals surface area contributed by atoms with Crippen LogP contribution >= 0.6 is 0 Å². The van der Waals surface area contributed by atoms with Crippen LogP contribution in [0.15, 0.2) is 41.5 Å². The Hall–Kier alpha value is -2.36. The fraction of sp³-hybridized carbons (Fsp3) is 0.455. The number of nitrogens with zero attached hydrogens (tertiary/aromatic N) is 2. The molecule has 1 N–H and O–H groups in total. The smallest absolute Gasteiger partial charge is 0.273 e. The van der Waals surface area contributed by atoms with Crippen molar-refractivity contribution in [3.05, 3.63) is 53.3 Å². The summed E-state index contributed by atoms with van der Waals surface area (Å²) in [5.74, 6) is 0.473. The van der Waals surface area contributed by atoms with Gasteiger partial charge in [0.25, 0.3) is 5.91 Å². The lowest BCUT2D eigenvalue weighted by Crippen LogP contribution is -2.30. The lowest BCUT2D eigenvalue weighted by atomic mass is 9.72. The van der Waals surface area contributed by atoms with Crippen molar-refractivity contribution in [1.82, 2.24) is 9.99 Å². The van der Waals surface area contributed by atoms with Gasteiger partial charge in [-0.2, -0.15) is 5.10 Å². The molecule has 26 heavy (non-hydrogen) atoms. The number of para-hydroxylation sites is 1. The van der Waals surface area contributed by atoms with Gasteiger partial charge in [0.15, 0.2) is 0 Å². The molecule has 4 heteroatoms. The number of aryl methyl sites for hydroxylation is 1. The summed E-state index contributed by atoms with van der Waals surface area (Å²) in [6.45, 7) is 10.8. The van der Waals surface area contributed by atoms with E-state index in [1.54, 1.807) is 0 Å². The first-order valence-electron chi connectivity index (χ1n) is 9.37. The second-order valence-electron chi connectivity index (χ2n) is 8.43. The van der Waals surface area contributed by atoms with Gasteiger partial charge in [-0.1, -0.05) is 39.0 Å². The Bertz CT molecular complexity index is 831. The molecule has 0 spiro atoms. The number of hydrogen-bond donors (Lipinski definition) is 1. The zero-order chi connectivity index (χ0) is 18.9. The molecule has 1 atom stereocenters. The van der Waals surface area contributed by atoms with E-state index in [1.807, 2.05) is 50.2 Å². The minimum absolute atomic E-state index is 0.135. The average molecular weight is 351 g/mol. The summed E-state index contributed by atoms with van der Waals surface area (Å²) in [4.78, 5) is 12.7. The number of hydrazone groups is 1. The predicted molar refractivity (Wildman–Crippen MR) is 107 cm³/mol. The third kappa shape index (κ3) is 3.90. The zero-order valence-electron chi connectivity index (χ0n) is 16.5. The van der Waals surface area contributed by atoms with Gasteiger partial charge in [0.1, 0.15) is 0 Å². The van der Waals surface area contributed by atoms with Crippen LogP contribution in [0.4, 0.5) is 0 Å². The highest BCUT2D eigenvalue weighted by Gasteiger charge is 2.29. The highest BCUT2D eigenvalue weighted by atomic mass is 16.2. The van der Waals surface area contributed by atoms with Crippen LogP contribution in [0.25, 0.3) is 5.69 Å². The number of carbonyl (C=O) groups excluding carboxylic acids is 1. The van der Waals surface area contributed by atoms with Crippen molar-refractivity contribution < 1.29 is 4.79 Å². The fourth-order valence-electron chi connectivity index (χ4n) is 4.36. The summed E-state index contributed by atoms with van der Waals surface area (Å²) in [6, 6.07) is 12.0. The first-order valence-corrected chi connectivity index (χ1v) is 9.37. The topological polar surface area (TPSA) is 46.4 Å². The van der Waals surface area contributed by atoms with E-state index in [0.29, 0.717) is 11.5 Å². The lowest BCUT2D eigenvalue weighted by molar-refractivity contribution is 0.0953. The standard InChI is InChI=1S/C22H29N3O/c1-15-11-18(14-22(4,5)13-15)23-24-21(26)20-12-16(2)25(17(20)3)19-9-7-6-8-10-19/h6-10,12,15H,11,13-14H2,1-5H3,(H,24,26)/t15-/m0/s1. The minimum Gasteiger partial charge on any atom is -0.318 e. The second-order valence-corrected chi connectivity index (χ2v) is 8.43. The summed E-state index contributed by atoms with van der Waals surface area (Å²) >= 11 is 0. The number of hydrogen-bond acceptors (Lipinski definition) is 2. The van der Waals surface area contributed by atoms with Crippen molar-refractivity contribution in [1.29, 1.82) is 0 Å². The Balaban J connectivity index is 1.80. The molecule has 3 rings (SSSR count). The molecule has 0 radical (unpaired) electrons. The van der Waals surface area contributed by atoms with Crippen molar-refractivity contribution in [2.24, 2.45) is 16.4 Å². The highest BCUT2D eigenvalue weighted by molar-refractivity contribution is 5.97. The molecule has 1 aliphatic carbocycles. The van der Waals surface area contributed by atoms with Crippen LogP contribution in [0.3, 0.4) is 0 Å². The van der Waals surface area contributed by atoms with Gasteiger partial charge in [0, 0.05) is 22.8 Å². The molecule has 1 heterocycles. The summed E-state index contributed by atoms with van der Waals surface area (Å²) in [5, 5.41) is 4.47. The van der Waals surface area contributed by atoms with E-state index in [4.69, 9.17) is 0 Å². The SMILES string of the molecule is Cc1cc(C(=O)NN=C2C[C@H](C)CC(C)(C)C2)c(C)n1-c1ccccc1. The first-order chi connectivity index (χ1) is 12.3. The quantitative estimate of drug-likeness (QED) is 0.775. The Kier molecular flexibility index (Phi) is 5.03. The van der Waals surface area contributed by atoms with E-state index >= 15 is 0 Å². The van der Waals surface area contributed by atoms with Gasteiger partial charge in [-0.15, -0.1) is 0 Å². The van der Waals surface area contributed by atoms with Crippen molar-refractivity contribution in [3.8, 4) is 5.69 Å². The normalized spacial score (nSPS) is 21.0. The first kappa shape index (κ1) is 18.4. The summed E-state index contributed by atoms with van der Waals surface area (Å²) in [7, 11) is 0. The maximum atomic E-state index is 12.7. The molecule has 1 saturated carbocycles. The molecular formula is C22H29N3O. The number of aromatic nitrogens is 1. The third-order valence-electron chi connectivity index (χ3n) is 5.17. The van der Waals surface area contributed by atoms with Gasteiger partial charge >= 0.3 is 0 Å². The summed E-state index contributed by atoms with van der Waals surface area (Å²) in [5.41, 5.74) is 7.87. The molecule has 2 aromatic rings. The average Bonchev–Trinajstić information content (AvgIpc) is 2.86. The van der Waals surface area contributed by atoms with Crippen molar-refractivity contribution in [2.45, 2.75) is 53.9 Å². The van der Waals surface area contributed by atoms with Gasteiger partial charge in [-0.05, 0) is 62.6 Å². The molecule has 4 nitrogen and oxygen atoms in total. The maximum absolute atomic E-state index is 12.7. The molecule has 0 saturated heterocycles. The van der Waals surface area contributed by atoms with Crippen LogP contribution in [-0.4, -0.2) is 16.2 Å². The second kappa shape index (κ2) is 7.10. The zero-order valence-corrected chi connectivity index (χ0v) is 16.5. The molecule has 1 amide bonds. The summed E-state index contributed by atoms with van der Waals surface area (Å²) < 4.78 is 2.11. The number of nitrogens with one attached hydrogen (secondary N) is 1. The number of rotatable bonds is 3. The van der Waals surface area contributed by atoms with E-state index in [1.165, 1.54) is 6.42 Å². The van der Waals surface area contributed by atoms with Gasteiger partial charge in [-0.25, -0.2) is 5.43 Å². The van der Waals surface area contributed by atoms with E-state index in [9.17, 15) is 4.79 Å². The molecule has 1 fully saturated rings. The van der Waals surface area contributed by atoms with E-state index in [0.717, 1.165) is 35.6 Å². The monoisotopic (exact) mass is 351 g/mol. The van der Waals surface area contributed by atoms with Crippen LogP contribution in [-0.2, 0) is 0 Å². The van der Waals surface area contributed by atoms with Crippen molar-refractivity contribution in [3.63, 3.8) is 0 Å². The largest absolute Gasteiger partial charge is 0.318 e. The molecule has 1 aromatic carbocycles. The number of amides is 1. The van der Waals surface area contributed by atoms with Crippen LogP contribution in [0.1, 0.15) is 61.8 Å². The Morgan fingerprint density at radius 1 is 1.23 bits per heavy atom. The Morgan fingerprint density at radius 3 is 2.58 bits per heavy atom. The predicted octanol–water partition coefficient (Wildman–Crippen LogP) is 5.03. The van der Waals surface area contributed by atoms with Crippen LogP contribution in [0.5, 0.6) is 0 Å². The maximum Gasteiger partial charge on any atom is 0.273 e. The van der Waals surface area contributed by atoms with Crippen molar-refractivity contribution in [2.75, 3.05) is 0 Å². The van der Waals surface area contributed by atoms with E-state index < -0.39 is 0 Å². The minimum atomic E-state index is -0.135. The Labute approximate surface area is 156 Å². The molecule has 1 aliphatic rings. The molecule has 0 aliphatic heterocycles.